The number of fused-ring (bicyclic) bond motifs is 2. The zero-order valence-electron chi connectivity index (χ0n) is 20.4. The van der Waals surface area contributed by atoms with E-state index in [1.54, 1.807) is 6.07 Å². The highest BCUT2D eigenvalue weighted by molar-refractivity contribution is 7.13. The van der Waals surface area contributed by atoms with Gasteiger partial charge in [0.2, 0.25) is 0 Å². The molecule has 10 heteroatoms. The number of nitrogens with zero attached hydrogens (tertiary/aromatic N) is 2. The maximum Gasteiger partial charge on any atom is 0.280 e. The van der Waals surface area contributed by atoms with Gasteiger partial charge in [0.1, 0.15) is 5.69 Å². The average molecular weight is 551 g/mol. The molecule has 194 valence electrons. The van der Waals surface area contributed by atoms with Crippen molar-refractivity contribution >= 4 is 58.1 Å². The van der Waals surface area contributed by atoms with Gasteiger partial charge in [-0.3, -0.25) is 14.5 Å². The SMILES string of the molecule is CCCCN1CCc2nc(C(=O)N[C@H]3CCCC[C@H]3NC(=O)c3cc4cc(Cl)ccc4[nH]3)sc2C1.Cl. The molecule has 2 aromatic heterocycles. The second-order valence-corrected chi connectivity index (χ2v) is 11.1. The summed E-state index contributed by atoms with van der Waals surface area (Å²) >= 11 is 7.60. The Hall–Kier alpha value is -2.13. The first kappa shape index (κ1) is 26.9. The summed E-state index contributed by atoms with van der Waals surface area (Å²) in [7, 11) is 0. The summed E-state index contributed by atoms with van der Waals surface area (Å²) in [5.41, 5.74) is 2.44. The first-order valence-electron chi connectivity index (χ1n) is 12.6. The number of unbranched alkanes of at least 4 members (excludes halogenated alkanes) is 1. The Kier molecular flexibility index (Phi) is 8.93. The maximum atomic E-state index is 13.1. The molecule has 3 N–H and O–H groups in total. The van der Waals surface area contributed by atoms with Crippen molar-refractivity contribution in [3.8, 4) is 0 Å². The third-order valence-electron chi connectivity index (χ3n) is 7.06. The Morgan fingerprint density at radius 2 is 1.92 bits per heavy atom. The third-order valence-corrected chi connectivity index (χ3v) is 8.38. The number of rotatable bonds is 7. The zero-order chi connectivity index (χ0) is 24.4. The van der Waals surface area contributed by atoms with Gasteiger partial charge in [0.15, 0.2) is 5.01 Å². The standard InChI is InChI=1S/C26H32ClN5O2S.ClH/c1-2-3-11-32-12-10-21-23(15-32)35-26(31-21)25(34)30-20-7-5-4-6-19(20)29-24(33)22-14-16-13-17(27)8-9-18(16)28-22;/h8-9,13-14,19-20,28H,2-7,10-12,15H2,1H3,(H,29,33)(H,30,34);1H/t19-,20+;/m1./s1. The average Bonchev–Trinajstić information content (AvgIpc) is 3.47. The molecular formula is C26H33Cl2N5O2S. The smallest absolute Gasteiger partial charge is 0.280 e. The van der Waals surface area contributed by atoms with E-state index in [4.69, 9.17) is 11.6 Å². The third kappa shape index (κ3) is 6.05. The van der Waals surface area contributed by atoms with E-state index in [0.29, 0.717) is 15.7 Å². The molecule has 0 radical (unpaired) electrons. The maximum absolute atomic E-state index is 13.1. The molecule has 5 rings (SSSR count). The molecule has 1 aromatic carbocycles. The van der Waals surface area contributed by atoms with Crippen LogP contribution in [-0.2, 0) is 13.0 Å². The lowest BCUT2D eigenvalue weighted by atomic mass is 9.90. The minimum Gasteiger partial charge on any atom is -0.351 e. The summed E-state index contributed by atoms with van der Waals surface area (Å²) in [6, 6.07) is 7.10. The molecule has 0 saturated heterocycles. The van der Waals surface area contributed by atoms with Gasteiger partial charge in [-0.05, 0) is 50.1 Å². The number of hydrogen-bond acceptors (Lipinski definition) is 5. The van der Waals surface area contributed by atoms with Gasteiger partial charge in [0, 0.05) is 52.4 Å². The van der Waals surface area contributed by atoms with Crippen LogP contribution in [0.1, 0.15) is 76.3 Å². The molecule has 1 aliphatic carbocycles. The second-order valence-electron chi connectivity index (χ2n) is 9.63. The van der Waals surface area contributed by atoms with Crippen LogP contribution >= 0.6 is 35.3 Å². The van der Waals surface area contributed by atoms with Crippen molar-refractivity contribution in [1.82, 2.24) is 25.5 Å². The number of thiazole rings is 1. The van der Waals surface area contributed by atoms with Gasteiger partial charge in [-0.2, -0.15) is 0 Å². The monoisotopic (exact) mass is 549 g/mol. The fourth-order valence-corrected chi connectivity index (χ4v) is 6.33. The Labute approximate surface area is 226 Å². The molecule has 0 bridgehead atoms. The number of nitrogens with one attached hydrogen (secondary N) is 3. The van der Waals surface area contributed by atoms with E-state index >= 15 is 0 Å². The lowest BCUT2D eigenvalue weighted by molar-refractivity contribution is 0.0860. The van der Waals surface area contributed by atoms with Crippen LogP contribution in [0.4, 0.5) is 0 Å². The van der Waals surface area contributed by atoms with E-state index in [9.17, 15) is 9.59 Å². The van der Waals surface area contributed by atoms with Crippen molar-refractivity contribution in [3.63, 3.8) is 0 Å². The highest BCUT2D eigenvalue weighted by Gasteiger charge is 2.30. The molecular weight excluding hydrogens is 517 g/mol. The number of aromatic nitrogens is 2. The van der Waals surface area contributed by atoms with Crippen LogP contribution in [0.5, 0.6) is 0 Å². The largest absolute Gasteiger partial charge is 0.351 e. The Balaban J connectivity index is 0.00000304. The minimum absolute atomic E-state index is 0. The summed E-state index contributed by atoms with van der Waals surface area (Å²) in [5, 5.41) is 8.41. The summed E-state index contributed by atoms with van der Waals surface area (Å²) < 4.78 is 0. The fraction of sp³-hybridized carbons (Fsp3) is 0.500. The van der Waals surface area contributed by atoms with Crippen LogP contribution in [0.3, 0.4) is 0 Å². The van der Waals surface area contributed by atoms with Gasteiger partial charge in [0.05, 0.1) is 5.69 Å². The Morgan fingerprint density at radius 3 is 2.67 bits per heavy atom. The van der Waals surface area contributed by atoms with Gasteiger partial charge in [-0.1, -0.05) is 37.8 Å². The summed E-state index contributed by atoms with van der Waals surface area (Å²) in [6.07, 6.45) is 7.02. The van der Waals surface area contributed by atoms with E-state index in [1.165, 1.54) is 29.1 Å². The van der Waals surface area contributed by atoms with Crippen molar-refractivity contribution < 1.29 is 9.59 Å². The number of H-pyrrole nitrogens is 1. The van der Waals surface area contributed by atoms with Gasteiger partial charge < -0.3 is 15.6 Å². The number of carbonyl (C=O) groups is 2. The number of benzene rings is 1. The minimum atomic E-state index is -0.166. The van der Waals surface area contributed by atoms with Crippen LogP contribution in [0.2, 0.25) is 5.02 Å². The fourth-order valence-electron chi connectivity index (χ4n) is 5.10. The van der Waals surface area contributed by atoms with Crippen molar-refractivity contribution in [2.24, 2.45) is 0 Å². The molecule has 2 aliphatic rings. The van der Waals surface area contributed by atoms with Crippen molar-refractivity contribution in [2.75, 3.05) is 13.1 Å². The second kappa shape index (κ2) is 11.9. The molecule has 2 atom stereocenters. The van der Waals surface area contributed by atoms with Crippen LogP contribution in [0, 0.1) is 0 Å². The molecule has 3 heterocycles. The number of hydrogen-bond donors (Lipinski definition) is 3. The van der Waals surface area contributed by atoms with Crippen LogP contribution in [0.25, 0.3) is 10.9 Å². The predicted molar refractivity (Wildman–Crippen MR) is 148 cm³/mol. The van der Waals surface area contributed by atoms with Crippen LogP contribution in [-0.4, -0.2) is 51.9 Å². The molecule has 1 aliphatic heterocycles. The highest BCUT2D eigenvalue weighted by Crippen LogP contribution is 2.27. The molecule has 3 aromatic rings. The van der Waals surface area contributed by atoms with Gasteiger partial charge in [0.25, 0.3) is 11.8 Å². The first-order valence-corrected chi connectivity index (χ1v) is 13.8. The Bertz CT molecular complexity index is 1230. The van der Waals surface area contributed by atoms with Crippen molar-refractivity contribution in [3.05, 3.63) is 50.6 Å². The summed E-state index contributed by atoms with van der Waals surface area (Å²) in [6.45, 7) is 5.20. The summed E-state index contributed by atoms with van der Waals surface area (Å²) in [5.74, 6) is -0.295. The number of aromatic amines is 1. The quantitative estimate of drug-likeness (QED) is 0.371. The van der Waals surface area contributed by atoms with Crippen LogP contribution in [0.15, 0.2) is 24.3 Å². The van der Waals surface area contributed by atoms with Gasteiger partial charge in [-0.15, -0.1) is 23.7 Å². The molecule has 0 unspecified atom stereocenters. The molecule has 0 spiro atoms. The van der Waals surface area contributed by atoms with E-state index in [0.717, 1.165) is 68.3 Å². The van der Waals surface area contributed by atoms with Crippen molar-refractivity contribution in [1.29, 1.82) is 0 Å². The molecule has 1 fully saturated rings. The van der Waals surface area contributed by atoms with E-state index < -0.39 is 0 Å². The number of amides is 2. The number of halogens is 2. The van der Waals surface area contributed by atoms with Gasteiger partial charge >= 0.3 is 0 Å². The first-order chi connectivity index (χ1) is 17.0. The normalized spacial score (nSPS) is 19.9. The lowest BCUT2D eigenvalue weighted by Crippen LogP contribution is -2.53. The number of carbonyl (C=O) groups excluding carboxylic acids is 2. The van der Waals surface area contributed by atoms with Gasteiger partial charge in [-0.25, -0.2) is 4.98 Å². The molecule has 1 saturated carbocycles. The lowest BCUT2D eigenvalue weighted by Gasteiger charge is -2.32. The zero-order valence-corrected chi connectivity index (χ0v) is 22.8. The van der Waals surface area contributed by atoms with Crippen LogP contribution < -0.4 is 10.6 Å². The highest BCUT2D eigenvalue weighted by atomic mass is 35.5. The van der Waals surface area contributed by atoms with E-state index in [1.807, 2.05) is 18.2 Å². The van der Waals surface area contributed by atoms with Crippen molar-refractivity contribution in [2.45, 2.75) is 70.5 Å². The Morgan fingerprint density at radius 1 is 1.17 bits per heavy atom. The van der Waals surface area contributed by atoms with E-state index in [-0.39, 0.29) is 36.3 Å². The molecule has 7 nitrogen and oxygen atoms in total. The predicted octanol–water partition coefficient (Wildman–Crippen LogP) is 5.33. The van der Waals surface area contributed by atoms with E-state index in [2.05, 4.69) is 32.4 Å². The summed E-state index contributed by atoms with van der Waals surface area (Å²) in [4.78, 5) is 37.6. The molecule has 36 heavy (non-hydrogen) atoms. The topological polar surface area (TPSA) is 90.1 Å². The molecule has 2 amide bonds.